The molecule has 0 bridgehead atoms. The van der Waals surface area contributed by atoms with Crippen LogP contribution in [0.4, 0.5) is 13.2 Å². The SMILES string of the molecule is C/C(=N\N(C)CC(N)=O)C(F)(F)F. The number of nitrogens with two attached hydrogens (primary N) is 1. The van der Waals surface area contributed by atoms with Crippen LogP contribution < -0.4 is 5.73 Å². The molecule has 0 fully saturated rings. The van der Waals surface area contributed by atoms with Crippen molar-refractivity contribution in [3.05, 3.63) is 0 Å². The minimum absolute atomic E-state index is 0.340. The molecule has 0 aromatic rings. The van der Waals surface area contributed by atoms with Crippen molar-refractivity contribution < 1.29 is 18.0 Å². The van der Waals surface area contributed by atoms with E-state index in [0.29, 0.717) is 0 Å². The number of hydrogen-bond donors (Lipinski definition) is 1. The van der Waals surface area contributed by atoms with E-state index in [4.69, 9.17) is 5.73 Å². The number of rotatable bonds is 3. The third-order valence-corrected chi connectivity index (χ3v) is 1.12. The molecule has 0 aliphatic rings. The maximum Gasteiger partial charge on any atom is 0.430 e. The highest BCUT2D eigenvalue weighted by molar-refractivity contribution is 5.87. The molecule has 0 unspecified atom stereocenters. The highest BCUT2D eigenvalue weighted by atomic mass is 19.4. The van der Waals surface area contributed by atoms with Crippen molar-refractivity contribution in [3.63, 3.8) is 0 Å². The van der Waals surface area contributed by atoms with Gasteiger partial charge in [0, 0.05) is 7.05 Å². The largest absolute Gasteiger partial charge is 0.430 e. The third-order valence-electron chi connectivity index (χ3n) is 1.12. The predicted molar refractivity (Wildman–Crippen MR) is 41.0 cm³/mol. The zero-order valence-corrected chi connectivity index (χ0v) is 7.22. The van der Waals surface area contributed by atoms with E-state index in [1.54, 1.807) is 0 Å². The number of likely N-dealkylation sites (N-methyl/N-ethyl adjacent to an activating group) is 1. The van der Waals surface area contributed by atoms with E-state index in [-0.39, 0.29) is 6.54 Å². The van der Waals surface area contributed by atoms with Gasteiger partial charge in [0.2, 0.25) is 5.91 Å². The topological polar surface area (TPSA) is 58.7 Å². The van der Waals surface area contributed by atoms with Gasteiger partial charge in [-0.2, -0.15) is 18.3 Å². The fourth-order valence-electron chi connectivity index (χ4n) is 0.574. The van der Waals surface area contributed by atoms with E-state index >= 15 is 0 Å². The zero-order valence-electron chi connectivity index (χ0n) is 7.22. The van der Waals surface area contributed by atoms with Crippen molar-refractivity contribution in [1.82, 2.24) is 5.01 Å². The van der Waals surface area contributed by atoms with Gasteiger partial charge in [0.05, 0.1) is 0 Å². The second-order valence-electron chi connectivity index (χ2n) is 2.47. The summed E-state index contributed by atoms with van der Waals surface area (Å²) in [6.45, 7) is 0.477. The van der Waals surface area contributed by atoms with E-state index in [1.807, 2.05) is 0 Å². The second kappa shape index (κ2) is 4.11. The average Bonchev–Trinajstić information content (AvgIpc) is 1.82. The molecule has 0 aliphatic heterocycles. The number of primary amides is 1. The van der Waals surface area contributed by atoms with Gasteiger partial charge in [-0.3, -0.25) is 9.80 Å². The molecule has 76 valence electrons. The van der Waals surface area contributed by atoms with Gasteiger partial charge in [0.1, 0.15) is 12.3 Å². The molecule has 0 saturated carbocycles. The first-order valence-electron chi connectivity index (χ1n) is 3.35. The van der Waals surface area contributed by atoms with Crippen molar-refractivity contribution >= 4 is 11.6 Å². The first-order valence-corrected chi connectivity index (χ1v) is 3.35. The second-order valence-corrected chi connectivity index (χ2v) is 2.47. The molecule has 0 radical (unpaired) electrons. The Balaban J connectivity index is 4.30. The van der Waals surface area contributed by atoms with Crippen LogP contribution in [0.25, 0.3) is 0 Å². The van der Waals surface area contributed by atoms with Gasteiger partial charge in [-0.05, 0) is 6.92 Å². The van der Waals surface area contributed by atoms with Crippen LogP contribution in [0.1, 0.15) is 6.92 Å². The smallest absolute Gasteiger partial charge is 0.368 e. The van der Waals surface area contributed by atoms with Gasteiger partial charge in [-0.25, -0.2) is 0 Å². The Morgan fingerprint density at radius 3 is 2.31 bits per heavy atom. The molecule has 13 heavy (non-hydrogen) atoms. The zero-order chi connectivity index (χ0) is 10.6. The minimum Gasteiger partial charge on any atom is -0.368 e. The molecule has 0 spiro atoms. The van der Waals surface area contributed by atoms with Gasteiger partial charge in [-0.1, -0.05) is 0 Å². The average molecular weight is 197 g/mol. The molecule has 0 saturated heterocycles. The van der Waals surface area contributed by atoms with Gasteiger partial charge in [0.15, 0.2) is 0 Å². The summed E-state index contributed by atoms with van der Waals surface area (Å²) in [5.41, 5.74) is 3.73. The van der Waals surface area contributed by atoms with E-state index < -0.39 is 17.8 Å². The molecular weight excluding hydrogens is 187 g/mol. The fourth-order valence-corrected chi connectivity index (χ4v) is 0.574. The summed E-state index contributed by atoms with van der Waals surface area (Å²) < 4.78 is 35.6. The van der Waals surface area contributed by atoms with Gasteiger partial charge >= 0.3 is 6.18 Å². The van der Waals surface area contributed by atoms with Crippen LogP contribution >= 0.6 is 0 Å². The Kier molecular flexibility index (Phi) is 3.70. The number of alkyl halides is 3. The quantitative estimate of drug-likeness (QED) is 0.524. The van der Waals surface area contributed by atoms with Gasteiger partial charge in [0.25, 0.3) is 0 Å². The lowest BCUT2D eigenvalue weighted by molar-refractivity contribution is -0.119. The Morgan fingerprint density at radius 1 is 1.54 bits per heavy atom. The third kappa shape index (κ3) is 5.05. The maximum absolute atomic E-state index is 11.9. The summed E-state index contributed by atoms with van der Waals surface area (Å²) in [6, 6.07) is 0. The lowest BCUT2D eigenvalue weighted by atomic mass is 10.4. The molecule has 0 aliphatic carbocycles. The number of hydrogen-bond acceptors (Lipinski definition) is 3. The summed E-state index contributed by atoms with van der Waals surface area (Å²) in [6.07, 6.45) is -4.47. The lowest BCUT2D eigenvalue weighted by Gasteiger charge is -2.13. The molecule has 0 aromatic heterocycles. The molecule has 2 N–H and O–H groups in total. The number of carbonyl (C=O) groups excluding carboxylic acids is 1. The molecule has 0 aromatic carbocycles. The van der Waals surface area contributed by atoms with Crippen LogP contribution in [0.2, 0.25) is 0 Å². The number of halogens is 3. The van der Waals surface area contributed by atoms with Crippen LogP contribution in [-0.4, -0.2) is 36.4 Å². The molecule has 0 atom stereocenters. The van der Waals surface area contributed by atoms with Crippen molar-refractivity contribution in [2.75, 3.05) is 13.6 Å². The highest BCUT2D eigenvalue weighted by Crippen LogP contribution is 2.16. The summed E-state index contributed by atoms with van der Waals surface area (Å²) in [4.78, 5) is 10.3. The number of nitrogens with zero attached hydrogens (tertiary/aromatic N) is 2. The monoisotopic (exact) mass is 197 g/mol. The van der Waals surface area contributed by atoms with Crippen LogP contribution in [-0.2, 0) is 4.79 Å². The van der Waals surface area contributed by atoms with Crippen LogP contribution in [0.5, 0.6) is 0 Å². The number of carbonyl (C=O) groups is 1. The van der Waals surface area contributed by atoms with Crippen molar-refractivity contribution in [2.24, 2.45) is 10.8 Å². The van der Waals surface area contributed by atoms with E-state index in [9.17, 15) is 18.0 Å². The molecule has 1 amide bonds. The predicted octanol–water partition coefficient (Wildman–Crippen LogP) is 0.342. The van der Waals surface area contributed by atoms with Crippen LogP contribution in [0.3, 0.4) is 0 Å². The first kappa shape index (κ1) is 11.7. The van der Waals surface area contributed by atoms with Crippen LogP contribution in [0, 0.1) is 0 Å². The van der Waals surface area contributed by atoms with Gasteiger partial charge < -0.3 is 5.73 Å². The summed E-state index contributed by atoms with van der Waals surface area (Å²) >= 11 is 0. The normalized spacial score (nSPS) is 12.8. The van der Waals surface area contributed by atoms with E-state index in [1.165, 1.54) is 7.05 Å². The van der Waals surface area contributed by atoms with Crippen molar-refractivity contribution in [2.45, 2.75) is 13.1 Å². The summed E-state index contributed by atoms with van der Waals surface area (Å²) in [5.74, 6) is -0.735. The highest BCUT2D eigenvalue weighted by Gasteiger charge is 2.32. The fraction of sp³-hybridized carbons (Fsp3) is 0.667. The Labute approximate surface area is 73.2 Å². The maximum atomic E-state index is 11.9. The van der Waals surface area contributed by atoms with Gasteiger partial charge in [-0.15, -0.1) is 0 Å². The van der Waals surface area contributed by atoms with E-state index in [0.717, 1.165) is 11.9 Å². The molecular formula is C6H10F3N3O. The van der Waals surface area contributed by atoms with Crippen molar-refractivity contribution in [3.8, 4) is 0 Å². The molecule has 4 nitrogen and oxygen atoms in total. The molecule has 7 heteroatoms. The Bertz CT molecular complexity index is 224. The summed E-state index contributed by atoms with van der Waals surface area (Å²) in [5, 5.41) is 3.95. The standard InChI is InChI=1S/C6H10F3N3O/c1-4(6(7,8)9)11-12(2)3-5(10)13/h3H2,1-2H3,(H2,10,13)/b11-4+. The Hall–Kier alpha value is -1.27. The number of amides is 1. The number of hydrazone groups is 1. The summed E-state index contributed by atoms with van der Waals surface area (Å²) in [7, 11) is 1.24. The molecule has 0 rings (SSSR count). The first-order chi connectivity index (χ1) is 5.73. The molecule has 0 heterocycles. The van der Waals surface area contributed by atoms with E-state index in [2.05, 4.69) is 5.10 Å². The van der Waals surface area contributed by atoms with Crippen LogP contribution in [0.15, 0.2) is 5.10 Å². The minimum atomic E-state index is -4.47. The van der Waals surface area contributed by atoms with Crippen molar-refractivity contribution in [1.29, 1.82) is 0 Å². The lowest BCUT2D eigenvalue weighted by Crippen LogP contribution is -2.30. The Morgan fingerprint density at radius 2 is 2.00 bits per heavy atom.